The lowest BCUT2D eigenvalue weighted by atomic mass is 9.65. The summed E-state index contributed by atoms with van der Waals surface area (Å²) in [6.45, 7) is 4.11. The van der Waals surface area contributed by atoms with Crippen molar-refractivity contribution in [2.75, 3.05) is 0 Å². The fraction of sp³-hybridized carbons (Fsp3) is 0.667. The topological polar surface area (TPSA) is 34.1 Å². The zero-order chi connectivity index (χ0) is 10.3. The number of Topliss-reactive ketones (excluding diaryl/α,β-unsaturated/α-hetero) is 1. The highest BCUT2D eigenvalue weighted by Crippen LogP contribution is 2.51. The summed E-state index contributed by atoms with van der Waals surface area (Å²) in [7, 11) is 0. The summed E-state index contributed by atoms with van der Waals surface area (Å²) in [4.78, 5) is 22.7. The maximum atomic E-state index is 11.4. The van der Waals surface area contributed by atoms with Crippen LogP contribution in [0.2, 0.25) is 0 Å². The molecule has 2 nitrogen and oxygen atoms in total. The fourth-order valence-electron chi connectivity index (χ4n) is 2.98. The fourth-order valence-corrected chi connectivity index (χ4v) is 2.98. The van der Waals surface area contributed by atoms with Crippen LogP contribution in [0.4, 0.5) is 0 Å². The minimum atomic E-state index is 0.0327. The van der Waals surface area contributed by atoms with Crippen LogP contribution in [-0.2, 0) is 9.59 Å². The van der Waals surface area contributed by atoms with E-state index in [4.69, 9.17) is 0 Å². The number of carbonyl (C=O) groups is 2. The van der Waals surface area contributed by atoms with E-state index >= 15 is 0 Å². The van der Waals surface area contributed by atoms with Crippen molar-refractivity contribution < 1.29 is 9.59 Å². The van der Waals surface area contributed by atoms with Crippen molar-refractivity contribution in [3.63, 3.8) is 0 Å². The van der Waals surface area contributed by atoms with Crippen molar-refractivity contribution in [1.82, 2.24) is 0 Å². The van der Waals surface area contributed by atoms with Crippen LogP contribution in [0.25, 0.3) is 0 Å². The smallest absolute Gasteiger partial charge is 0.155 e. The molecule has 2 heteroatoms. The number of rotatable bonds is 0. The first kappa shape index (κ1) is 9.63. The van der Waals surface area contributed by atoms with E-state index in [1.807, 2.05) is 6.92 Å². The van der Waals surface area contributed by atoms with E-state index in [9.17, 15) is 9.59 Å². The first-order chi connectivity index (χ1) is 6.54. The number of hydrogen-bond acceptors (Lipinski definition) is 2. The SMILES string of the molecule is CC1=CC(=O)C[C@@H](C)[C@@]12CCC(=O)C2. The molecule has 2 aliphatic rings. The largest absolute Gasteiger partial charge is 0.300 e. The van der Waals surface area contributed by atoms with Crippen LogP contribution in [0, 0.1) is 11.3 Å². The summed E-state index contributed by atoms with van der Waals surface area (Å²) in [5, 5.41) is 0. The molecule has 0 aliphatic heterocycles. The molecule has 2 aliphatic carbocycles. The molecule has 0 aromatic carbocycles. The Kier molecular flexibility index (Phi) is 2.09. The van der Waals surface area contributed by atoms with E-state index in [2.05, 4.69) is 6.92 Å². The highest BCUT2D eigenvalue weighted by molar-refractivity contribution is 5.93. The van der Waals surface area contributed by atoms with Gasteiger partial charge in [-0.05, 0) is 25.3 Å². The van der Waals surface area contributed by atoms with Gasteiger partial charge in [0.1, 0.15) is 5.78 Å². The van der Waals surface area contributed by atoms with E-state index in [0.717, 1.165) is 12.0 Å². The molecule has 1 saturated carbocycles. The van der Waals surface area contributed by atoms with Crippen LogP contribution in [0.5, 0.6) is 0 Å². The van der Waals surface area contributed by atoms with Gasteiger partial charge < -0.3 is 0 Å². The Morgan fingerprint density at radius 1 is 1.43 bits per heavy atom. The summed E-state index contributed by atoms with van der Waals surface area (Å²) >= 11 is 0. The van der Waals surface area contributed by atoms with Crippen molar-refractivity contribution in [2.24, 2.45) is 11.3 Å². The summed E-state index contributed by atoms with van der Waals surface area (Å²) < 4.78 is 0. The molecule has 0 saturated heterocycles. The lowest BCUT2D eigenvalue weighted by Gasteiger charge is -2.38. The Balaban J connectivity index is 2.38. The molecule has 2 rings (SSSR count). The minimum absolute atomic E-state index is 0.0327. The van der Waals surface area contributed by atoms with Crippen molar-refractivity contribution in [3.05, 3.63) is 11.6 Å². The van der Waals surface area contributed by atoms with Gasteiger partial charge in [0.25, 0.3) is 0 Å². The third kappa shape index (κ3) is 1.24. The molecule has 0 aromatic heterocycles. The second-order valence-electron chi connectivity index (χ2n) is 4.77. The second kappa shape index (κ2) is 3.04. The van der Waals surface area contributed by atoms with Crippen LogP contribution < -0.4 is 0 Å². The van der Waals surface area contributed by atoms with Gasteiger partial charge in [-0.25, -0.2) is 0 Å². The van der Waals surface area contributed by atoms with Gasteiger partial charge in [-0.15, -0.1) is 0 Å². The Labute approximate surface area is 84.4 Å². The van der Waals surface area contributed by atoms with Gasteiger partial charge in [-0.1, -0.05) is 12.5 Å². The molecular weight excluding hydrogens is 176 g/mol. The monoisotopic (exact) mass is 192 g/mol. The van der Waals surface area contributed by atoms with Gasteiger partial charge >= 0.3 is 0 Å². The van der Waals surface area contributed by atoms with Crippen LogP contribution >= 0.6 is 0 Å². The molecule has 0 unspecified atom stereocenters. The van der Waals surface area contributed by atoms with Crippen molar-refractivity contribution >= 4 is 11.6 Å². The first-order valence-corrected chi connectivity index (χ1v) is 5.28. The molecule has 0 aromatic rings. The predicted octanol–water partition coefficient (Wildman–Crippen LogP) is 2.28. The van der Waals surface area contributed by atoms with Crippen molar-refractivity contribution in [2.45, 2.75) is 39.5 Å². The number of ketones is 2. The average Bonchev–Trinajstić information content (AvgIpc) is 2.46. The lowest BCUT2D eigenvalue weighted by molar-refractivity contribution is -0.120. The summed E-state index contributed by atoms with van der Waals surface area (Å²) in [6.07, 6.45) is 4.67. The van der Waals surface area contributed by atoms with E-state index in [-0.39, 0.29) is 11.2 Å². The molecule has 0 bridgehead atoms. The van der Waals surface area contributed by atoms with Crippen LogP contribution in [0.1, 0.15) is 39.5 Å². The standard InChI is InChI=1S/C12H16O2/c1-8-5-11(14)6-9(2)12(8)4-3-10(13)7-12/h5,9H,3-4,6-7H2,1-2H3/t9-,12-/m1/s1. The van der Waals surface area contributed by atoms with Crippen LogP contribution in [0.3, 0.4) is 0 Å². The second-order valence-corrected chi connectivity index (χ2v) is 4.77. The van der Waals surface area contributed by atoms with Gasteiger partial charge in [-0.2, -0.15) is 0 Å². The van der Waals surface area contributed by atoms with E-state index < -0.39 is 0 Å². The van der Waals surface area contributed by atoms with E-state index in [1.165, 1.54) is 0 Å². The lowest BCUT2D eigenvalue weighted by Crippen LogP contribution is -2.33. The van der Waals surface area contributed by atoms with E-state index in [1.54, 1.807) is 6.08 Å². The van der Waals surface area contributed by atoms with E-state index in [0.29, 0.717) is 31.0 Å². The molecule has 0 radical (unpaired) electrons. The third-order valence-electron chi connectivity index (χ3n) is 3.98. The molecule has 1 spiro atoms. The normalized spacial score (nSPS) is 37.9. The molecule has 0 amide bonds. The van der Waals surface area contributed by atoms with Gasteiger partial charge in [0, 0.05) is 24.7 Å². The highest BCUT2D eigenvalue weighted by atomic mass is 16.1. The average molecular weight is 192 g/mol. The maximum absolute atomic E-state index is 11.4. The molecule has 1 fully saturated rings. The van der Waals surface area contributed by atoms with Crippen molar-refractivity contribution in [3.8, 4) is 0 Å². The molecule has 0 N–H and O–H groups in total. The van der Waals surface area contributed by atoms with Crippen LogP contribution in [0.15, 0.2) is 11.6 Å². The summed E-state index contributed by atoms with van der Waals surface area (Å²) in [6, 6.07) is 0. The molecule has 2 atom stereocenters. The number of hydrogen-bond donors (Lipinski definition) is 0. The maximum Gasteiger partial charge on any atom is 0.155 e. The van der Waals surface area contributed by atoms with Crippen molar-refractivity contribution in [1.29, 1.82) is 0 Å². The molecule has 0 heterocycles. The molecule has 14 heavy (non-hydrogen) atoms. The zero-order valence-corrected chi connectivity index (χ0v) is 8.80. The Hall–Kier alpha value is -0.920. The van der Waals surface area contributed by atoms with Gasteiger partial charge in [-0.3, -0.25) is 9.59 Å². The summed E-state index contributed by atoms with van der Waals surface area (Å²) in [5.41, 5.74) is 1.16. The Morgan fingerprint density at radius 3 is 2.64 bits per heavy atom. The quantitative estimate of drug-likeness (QED) is 0.590. The first-order valence-electron chi connectivity index (χ1n) is 5.28. The number of carbonyl (C=O) groups excluding carboxylic acids is 2. The zero-order valence-electron chi connectivity index (χ0n) is 8.80. The Bertz CT molecular complexity index is 327. The van der Waals surface area contributed by atoms with Gasteiger partial charge in [0.05, 0.1) is 0 Å². The molecule has 76 valence electrons. The minimum Gasteiger partial charge on any atom is -0.300 e. The molecular formula is C12H16O2. The summed E-state index contributed by atoms with van der Waals surface area (Å²) in [5.74, 6) is 0.922. The predicted molar refractivity (Wildman–Crippen MR) is 53.8 cm³/mol. The third-order valence-corrected chi connectivity index (χ3v) is 3.98. The highest BCUT2D eigenvalue weighted by Gasteiger charge is 2.46. The van der Waals surface area contributed by atoms with Crippen LogP contribution in [-0.4, -0.2) is 11.6 Å². The van der Waals surface area contributed by atoms with Gasteiger partial charge in [0.15, 0.2) is 5.78 Å². The Morgan fingerprint density at radius 2 is 2.14 bits per heavy atom. The number of allylic oxidation sites excluding steroid dienone is 2. The van der Waals surface area contributed by atoms with Gasteiger partial charge in [0.2, 0.25) is 0 Å².